The number of benzene rings is 4. The van der Waals surface area contributed by atoms with Crippen molar-refractivity contribution in [3.05, 3.63) is 110 Å². The standard InChI is InChI=1S/C28H22N4/c1-29-19-31(27-15-5-3-13-25(27)29)23-11-7-9-21(17-23)22-10-8-12-24(18-22)32-20-30(2)26-14-4-6-16-28(26)32/h3-18H,1-2H3. The van der Waals surface area contributed by atoms with Gasteiger partial charge in [-0.15, -0.1) is 0 Å². The minimum Gasteiger partial charge on any atom is -0.319 e. The van der Waals surface area contributed by atoms with Crippen LogP contribution in [0.3, 0.4) is 0 Å². The van der Waals surface area contributed by atoms with Crippen LogP contribution in [0.4, 0.5) is 0 Å². The molecule has 0 fully saturated rings. The lowest BCUT2D eigenvalue weighted by Crippen LogP contribution is -2.26. The first kappa shape index (κ1) is 18.6. The highest BCUT2D eigenvalue weighted by Gasteiger charge is 2.10. The third kappa shape index (κ3) is 2.92. The Morgan fingerprint density at radius 2 is 0.969 bits per heavy atom. The first-order chi connectivity index (χ1) is 15.7. The molecule has 2 heterocycles. The number of imidazole rings is 2. The normalized spacial score (nSPS) is 11.4. The number of aryl methyl sites for hydroxylation is 2. The molecule has 4 aromatic carbocycles. The topological polar surface area (TPSA) is 17.6 Å². The highest BCUT2D eigenvalue weighted by atomic mass is 15.1. The van der Waals surface area contributed by atoms with E-state index in [2.05, 4.69) is 119 Å². The summed E-state index contributed by atoms with van der Waals surface area (Å²) < 4.78 is 8.32. The number of hydrogen-bond acceptors (Lipinski definition) is 0. The fourth-order valence-electron chi connectivity index (χ4n) is 4.43. The van der Waals surface area contributed by atoms with Crippen LogP contribution in [0.5, 0.6) is 0 Å². The van der Waals surface area contributed by atoms with E-state index >= 15 is 0 Å². The molecule has 0 radical (unpaired) electrons. The Morgan fingerprint density at radius 3 is 1.44 bits per heavy atom. The molecule has 0 aliphatic heterocycles. The smallest absolute Gasteiger partial charge is 0.244 e. The molecular weight excluding hydrogens is 392 g/mol. The van der Waals surface area contributed by atoms with Crippen LogP contribution in [0.1, 0.15) is 0 Å². The highest BCUT2D eigenvalue weighted by Crippen LogP contribution is 2.26. The average molecular weight is 415 g/mol. The van der Waals surface area contributed by atoms with E-state index in [0.29, 0.717) is 0 Å². The van der Waals surface area contributed by atoms with E-state index in [1.807, 2.05) is 23.2 Å². The van der Waals surface area contributed by atoms with Crippen LogP contribution < -0.4 is 9.13 Å². The fraction of sp³-hybridized carbons (Fsp3) is 0.0714. The summed E-state index contributed by atoms with van der Waals surface area (Å²) in [4.78, 5) is 0. The SMILES string of the molecule is C[n+]1[c-]n(-c2cccc(-c3cccc(-n4[c-][n+](C)c5ccccc54)c3)c2)c2ccccc21. The summed E-state index contributed by atoms with van der Waals surface area (Å²) in [5, 5.41) is 0. The number of para-hydroxylation sites is 4. The summed E-state index contributed by atoms with van der Waals surface area (Å²) in [7, 11) is 4.06. The molecule has 6 rings (SSSR count). The van der Waals surface area contributed by atoms with E-state index in [0.717, 1.165) is 33.4 Å². The van der Waals surface area contributed by atoms with Crippen LogP contribution in [0.2, 0.25) is 0 Å². The lowest BCUT2D eigenvalue weighted by atomic mass is 10.0. The third-order valence-electron chi connectivity index (χ3n) is 6.01. The summed E-state index contributed by atoms with van der Waals surface area (Å²) >= 11 is 0. The molecule has 6 aromatic rings. The molecular formula is C28H22N4. The second-order valence-corrected chi connectivity index (χ2v) is 8.07. The zero-order valence-corrected chi connectivity index (χ0v) is 18.0. The molecule has 0 amide bonds. The predicted molar refractivity (Wildman–Crippen MR) is 126 cm³/mol. The lowest BCUT2D eigenvalue weighted by molar-refractivity contribution is -0.649. The van der Waals surface area contributed by atoms with Crippen LogP contribution in [-0.2, 0) is 14.1 Å². The molecule has 0 saturated heterocycles. The first-order valence-electron chi connectivity index (χ1n) is 10.7. The summed E-state index contributed by atoms with van der Waals surface area (Å²) in [6.45, 7) is 0. The van der Waals surface area contributed by atoms with E-state index in [1.54, 1.807) is 0 Å². The average Bonchev–Trinajstić information content (AvgIpc) is 3.37. The monoisotopic (exact) mass is 414 g/mol. The number of aromatic nitrogens is 4. The number of hydrogen-bond donors (Lipinski definition) is 0. The zero-order chi connectivity index (χ0) is 21.7. The van der Waals surface area contributed by atoms with E-state index in [4.69, 9.17) is 0 Å². The van der Waals surface area contributed by atoms with Crippen molar-refractivity contribution in [1.29, 1.82) is 0 Å². The Morgan fingerprint density at radius 1 is 0.531 bits per heavy atom. The Bertz CT molecular complexity index is 1480. The molecule has 0 aliphatic rings. The molecule has 0 atom stereocenters. The van der Waals surface area contributed by atoms with Crippen molar-refractivity contribution in [2.75, 3.05) is 0 Å². The van der Waals surface area contributed by atoms with Gasteiger partial charge in [-0.2, -0.15) is 0 Å². The van der Waals surface area contributed by atoms with Gasteiger partial charge in [0.25, 0.3) is 0 Å². The summed E-state index contributed by atoms with van der Waals surface area (Å²) in [6, 6.07) is 34.0. The predicted octanol–water partition coefficient (Wildman–Crippen LogP) is 4.49. The van der Waals surface area contributed by atoms with Gasteiger partial charge in [-0.25, -0.2) is 0 Å². The maximum absolute atomic E-state index is 3.43. The quantitative estimate of drug-likeness (QED) is 0.300. The molecule has 4 heteroatoms. The Kier molecular flexibility index (Phi) is 4.18. The van der Waals surface area contributed by atoms with Crippen molar-refractivity contribution in [3.63, 3.8) is 0 Å². The zero-order valence-electron chi connectivity index (χ0n) is 18.0. The van der Waals surface area contributed by atoms with Gasteiger partial charge in [-0.1, -0.05) is 84.9 Å². The van der Waals surface area contributed by atoms with Gasteiger partial charge in [0.05, 0.1) is 47.5 Å². The molecule has 2 aromatic heterocycles. The minimum atomic E-state index is 1.09. The second kappa shape index (κ2) is 7.20. The van der Waals surface area contributed by atoms with Gasteiger partial charge < -0.3 is 18.3 Å². The van der Waals surface area contributed by atoms with Crippen LogP contribution in [0.15, 0.2) is 97.1 Å². The van der Waals surface area contributed by atoms with Crippen molar-refractivity contribution >= 4 is 22.1 Å². The van der Waals surface area contributed by atoms with Crippen molar-refractivity contribution < 1.29 is 9.13 Å². The second-order valence-electron chi connectivity index (χ2n) is 8.07. The maximum Gasteiger partial charge on any atom is 0.244 e. The molecule has 0 unspecified atom stereocenters. The molecule has 4 nitrogen and oxygen atoms in total. The molecule has 0 bridgehead atoms. The van der Waals surface area contributed by atoms with Gasteiger partial charge in [0.15, 0.2) is 0 Å². The number of fused-ring (bicyclic) bond motifs is 2. The van der Waals surface area contributed by atoms with Gasteiger partial charge in [-0.3, -0.25) is 0 Å². The van der Waals surface area contributed by atoms with Crippen molar-refractivity contribution in [3.8, 4) is 22.5 Å². The van der Waals surface area contributed by atoms with E-state index < -0.39 is 0 Å². The summed E-state index contributed by atoms with van der Waals surface area (Å²) in [5.41, 5.74) is 9.11. The summed E-state index contributed by atoms with van der Waals surface area (Å²) in [6.07, 6.45) is 6.86. The minimum absolute atomic E-state index is 1.09. The maximum atomic E-state index is 3.43. The van der Waals surface area contributed by atoms with Crippen molar-refractivity contribution in [2.24, 2.45) is 14.1 Å². The Labute approximate surface area is 186 Å². The van der Waals surface area contributed by atoms with E-state index in [9.17, 15) is 0 Å². The van der Waals surface area contributed by atoms with Gasteiger partial charge in [-0.05, 0) is 23.3 Å². The van der Waals surface area contributed by atoms with Gasteiger partial charge in [0.1, 0.15) is 0 Å². The van der Waals surface area contributed by atoms with Gasteiger partial charge in [0.2, 0.25) is 12.7 Å². The first-order valence-corrected chi connectivity index (χ1v) is 10.7. The number of nitrogens with zero attached hydrogens (tertiary/aromatic N) is 4. The fourth-order valence-corrected chi connectivity index (χ4v) is 4.43. The summed E-state index contributed by atoms with van der Waals surface area (Å²) in [5.74, 6) is 0. The molecule has 0 aliphatic carbocycles. The van der Waals surface area contributed by atoms with Gasteiger partial charge >= 0.3 is 0 Å². The van der Waals surface area contributed by atoms with Crippen LogP contribution in [0.25, 0.3) is 44.6 Å². The molecule has 0 spiro atoms. The van der Waals surface area contributed by atoms with Gasteiger partial charge in [0, 0.05) is 0 Å². The largest absolute Gasteiger partial charge is 0.319 e. The highest BCUT2D eigenvalue weighted by molar-refractivity contribution is 5.77. The van der Waals surface area contributed by atoms with Crippen LogP contribution in [-0.4, -0.2) is 9.13 Å². The molecule has 154 valence electrons. The molecule has 0 saturated carbocycles. The third-order valence-corrected chi connectivity index (χ3v) is 6.01. The van der Waals surface area contributed by atoms with Crippen LogP contribution >= 0.6 is 0 Å². The number of rotatable bonds is 3. The Balaban J connectivity index is 1.46. The molecule has 0 N–H and O–H groups in total. The van der Waals surface area contributed by atoms with E-state index in [-0.39, 0.29) is 0 Å². The molecule has 32 heavy (non-hydrogen) atoms. The van der Waals surface area contributed by atoms with Crippen molar-refractivity contribution in [2.45, 2.75) is 0 Å². The Hall–Kier alpha value is -4.18. The van der Waals surface area contributed by atoms with Crippen molar-refractivity contribution in [1.82, 2.24) is 9.13 Å². The van der Waals surface area contributed by atoms with E-state index in [1.165, 1.54) is 11.1 Å². The lowest BCUT2D eigenvalue weighted by Gasteiger charge is -2.11. The van der Waals surface area contributed by atoms with Crippen LogP contribution in [0, 0.1) is 12.7 Å².